The summed E-state index contributed by atoms with van der Waals surface area (Å²) < 4.78 is 31.6. The van der Waals surface area contributed by atoms with Crippen molar-refractivity contribution in [2.45, 2.75) is 13.8 Å². The predicted octanol–water partition coefficient (Wildman–Crippen LogP) is 1.49. The third-order valence-corrected chi connectivity index (χ3v) is 1.92. The van der Waals surface area contributed by atoms with Gasteiger partial charge in [0.15, 0.2) is 0 Å². The molecule has 3 N–H and O–H groups in total. The molecule has 0 spiro atoms. The smallest absolute Gasteiger partial charge is 0.294 e. The van der Waals surface area contributed by atoms with E-state index >= 15 is 0 Å². The highest BCUT2D eigenvalue weighted by atomic mass is 32.3. The first-order valence-corrected chi connectivity index (χ1v) is 6.68. The number of hydrogen-bond donors (Lipinski definition) is 3. The van der Waals surface area contributed by atoms with Gasteiger partial charge in [0, 0.05) is 13.1 Å². The Balaban J connectivity index is 0.000000494. The molecule has 0 aliphatic heterocycles. The van der Waals surface area contributed by atoms with Crippen LogP contribution in [0.1, 0.15) is 13.8 Å². The maximum absolute atomic E-state index is 9.53. The van der Waals surface area contributed by atoms with Crippen LogP contribution in [0.25, 0.3) is 0 Å². The summed E-state index contributed by atoms with van der Waals surface area (Å²) in [6.45, 7) is 5.26. The van der Waals surface area contributed by atoms with Crippen LogP contribution < -0.4 is 5.01 Å². The van der Waals surface area contributed by atoms with E-state index in [0.717, 1.165) is 12.2 Å². The van der Waals surface area contributed by atoms with Crippen molar-refractivity contribution in [1.82, 2.24) is 5.17 Å². The first-order chi connectivity index (χ1) is 8.29. The summed E-state index contributed by atoms with van der Waals surface area (Å²) in [5, 5.41) is 12.6. The van der Waals surface area contributed by atoms with Crippen molar-refractivity contribution in [3.63, 3.8) is 0 Å². The maximum atomic E-state index is 9.53. The number of rotatable bonds is 4. The van der Waals surface area contributed by atoms with E-state index in [1.54, 1.807) is 0 Å². The third-order valence-electron chi connectivity index (χ3n) is 1.92. The fourth-order valence-electron chi connectivity index (χ4n) is 1.25. The van der Waals surface area contributed by atoms with Crippen molar-refractivity contribution >= 4 is 16.1 Å². The van der Waals surface area contributed by atoms with Crippen LogP contribution in [0.15, 0.2) is 30.3 Å². The maximum Gasteiger partial charge on any atom is 0.394 e. The zero-order valence-electron chi connectivity index (χ0n) is 10.3. The first-order valence-electron chi connectivity index (χ1n) is 5.28. The highest BCUT2D eigenvalue weighted by Gasteiger charge is 2.08. The molecule has 104 valence electrons. The summed E-state index contributed by atoms with van der Waals surface area (Å²) >= 11 is 0. The molecule has 1 aromatic carbocycles. The van der Waals surface area contributed by atoms with Crippen LogP contribution in [0.4, 0.5) is 5.69 Å². The monoisotopic (exact) mass is 278 g/mol. The van der Waals surface area contributed by atoms with Crippen molar-refractivity contribution in [3.8, 4) is 0 Å². The van der Waals surface area contributed by atoms with Crippen molar-refractivity contribution < 1.29 is 22.7 Å². The topological polar surface area (TPSA) is 101 Å². The lowest BCUT2D eigenvalue weighted by atomic mass is 10.3. The Kier molecular flexibility index (Phi) is 7.48. The van der Waals surface area contributed by atoms with Gasteiger partial charge < -0.3 is 0 Å². The quantitative estimate of drug-likeness (QED) is 0.566. The van der Waals surface area contributed by atoms with Crippen LogP contribution in [-0.2, 0) is 10.4 Å². The standard InChI is InChI=1S/C10H16N2O.H2O4S/c1-3-11(12(13)4-2)10-8-6-5-7-9-10;1-5(2,3)4/h5-9,13H,3-4H2,1-2H3;(H2,1,2,3,4). The van der Waals surface area contributed by atoms with Gasteiger partial charge >= 0.3 is 10.4 Å². The Bertz CT molecular complexity index is 415. The average molecular weight is 278 g/mol. The minimum atomic E-state index is -4.67. The van der Waals surface area contributed by atoms with Crippen molar-refractivity contribution in [2.24, 2.45) is 0 Å². The van der Waals surface area contributed by atoms with E-state index in [1.165, 1.54) is 5.17 Å². The lowest BCUT2D eigenvalue weighted by Gasteiger charge is -2.29. The molecule has 0 fully saturated rings. The van der Waals surface area contributed by atoms with Crippen molar-refractivity contribution in [1.29, 1.82) is 0 Å². The van der Waals surface area contributed by atoms with Gasteiger partial charge in [0.2, 0.25) is 0 Å². The van der Waals surface area contributed by atoms with Crippen LogP contribution in [0, 0.1) is 0 Å². The van der Waals surface area contributed by atoms with E-state index in [-0.39, 0.29) is 0 Å². The van der Waals surface area contributed by atoms with Crippen molar-refractivity contribution in [2.75, 3.05) is 18.1 Å². The van der Waals surface area contributed by atoms with Crippen LogP contribution in [-0.4, -0.2) is 41.0 Å². The Morgan fingerprint density at radius 3 is 1.83 bits per heavy atom. The lowest BCUT2D eigenvalue weighted by molar-refractivity contribution is -0.0967. The van der Waals surface area contributed by atoms with Gasteiger partial charge in [-0.25, -0.2) is 0 Å². The third kappa shape index (κ3) is 7.98. The summed E-state index contributed by atoms with van der Waals surface area (Å²) in [7, 11) is -4.67. The predicted molar refractivity (Wildman–Crippen MR) is 67.8 cm³/mol. The Morgan fingerprint density at radius 1 is 1.06 bits per heavy atom. The summed E-state index contributed by atoms with van der Waals surface area (Å²) in [5.41, 5.74) is 1.01. The van der Waals surface area contributed by atoms with Crippen LogP contribution in [0.3, 0.4) is 0 Å². The van der Waals surface area contributed by atoms with Gasteiger partial charge in [-0.2, -0.15) is 8.42 Å². The number of hydroxylamine groups is 1. The van der Waals surface area contributed by atoms with Gasteiger partial charge in [-0.1, -0.05) is 18.2 Å². The molecule has 0 unspecified atom stereocenters. The van der Waals surface area contributed by atoms with Gasteiger partial charge in [0.05, 0.1) is 5.69 Å². The molecule has 0 saturated heterocycles. The van der Waals surface area contributed by atoms with Gasteiger partial charge in [-0.3, -0.25) is 19.3 Å². The lowest BCUT2D eigenvalue weighted by Crippen LogP contribution is -2.40. The average Bonchev–Trinajstić information content (AvgIpc) is 2.29. The Labute approximate surface area is 107 Å². The van der Waals surface area contributed by atoms with Crippen LogP contribution in [0.5, 0.6) is 0 Å². The summed E-state index contributed by atoms with van der Waals surface area (Å²) in [4.78, 5) is 0. The van der Waals surface area contributed by atoms with Gasteiger partial charge in [0.1, 0.15) is 0 Å². The van der Waals surface area contributed by atoms with Crippen LogP contribution in [0.2, 0.25) is 0 Å². The molecule has 0 saturated carbocycles. The minimum absolute atomic E-state index is 0.586. The highest BCUT2D eigenvalue weighted by molar-refractivity contribution is 7.79. The normalized spacial score (nSPS) is 10.8. The summed E-state index contributed by atoms with van der Waals surface area (Å²) in [6, 6.07) is 9.83. The molecule has 0 heterocycles. The molecular weight excluding hydrogens is 260 g/mol. The van der Waals surface area contributed by atoms with E-state index in [9.17, 15) is 5.21 Å². The van der Waals surface area contributed by atoms with E-state index in [0.29, 0.717) is 6.54 Å². The fraction of sp³-hybridized carbons (Fsp3) is 0.400. The molecule has 1 rings (SSSR count). The first kappa shape index (κ1) is 16.8. The second kappa shape index (κ2) is 8.01. The van der Waals surface area contributed by atoms with E-state index in [1.807, 2.05) is 49.2 Å². The van der Waals surface area contributed by atoms with E-state index < -0.39 is 10.4 Å². The molecule has 0 aliphatic carbocycles. The zero-order chi connectivity index (χ0) is 14.2. The number of para-hydroxylation sites is 1. The molecule has 8 heteroatoms. The molecule has 0 bridgehead atoms. The number of benzene rings is 1. The fourth-order valence-corrected chi connectivity index (χ4v) is 1.25. The number of nitrogens with zero attached hydrogens (tertiary/aromatic N) is 2. The largest absolute Gasteiger partial charge is 0.394 e. The molecule has 0 atom stereocenters. The SMILES string of the molecule is CCN(O)N(CC)c1ccccc1.O=S(=O)(O)O. The highest BCUT2D eigenvalue weighted by Crippen LogP contribution is 2.13. The number of hydrogen-bond acceptors (Lipinski definition) is 5. The van der Waals surface area contributed by atoms with Gasteiger partial charge in [-0.05, 0) is 26.0 Å². The molecule has 1 aromatic rings. The molecule has 0 aromatic heterocycles. The number of hydrazine groups is 1. The molecule has 18 heavy (non-hydrogen) atoms. The van der Waals surface area contributed by atoms with Crippen molar-refractivity contribution in [3.05, 3.63) is 30.3 Å². The second-order valence-corrected chi connectivity index (χ2v) is 4.08. The Hall–Kier alpha value is -1.19. The van der Waals surface area contributed by atoms with Gasteiger partial charge in [-0.15, -0.1) is 5.17 Å². The number of anilines is 1. The molecular formula is C10H18N2O5S. The van der Waals surface area contributed by atoms with Gasteiger partial charge in [0.25, 0.3) is 0 Å². The molecule has 0 aliphatic rings. The van der Waals surface area contributed by atoms with Crippen LogP contribution >= 0.6 is 0 Å². The summed E-state index contributed by atoms with van der Waals surface area (Å²) in [5.74, 6) is 0. The zero-order valence-corrected chi connectivity index (χ0v) is 11.1. The van der Waals surface area contributed by atoms with E-state index in [2.05, 4.69) is 0 Å². The molecule has 0 amide bonds. The Morgan fingerprint density at radius 2 is 1.50 bits per heavy atom. The second-order valence-electron chi connectivity index (χ2n) is 3.19. The minimum Gasteiger partial charge on any atom is -0.294 e. The van der Waals surface area contributed by atoms with E-state index in [4.69, 9.17) is 17.5 Å². The summed E-state index contributed by atoms with van der Waals surface area (Å²) in [6.07, 6.45) is 0. The molecule has 7 nitrogen and oxygen atoms in total. The molecule has 0 radical (unpaired) electrons.